The topological polar surface area (TPSA) is 108 Å². The van der Waals surface area contributed by atoms with E-state index in [-0.39, 0.29) is 24.8 Å². The number of nitrogens with zero attached hydrogens (tertiary/aromatic N) is 3. The van der Waals surface area contributed by atoms with Crippen LogP contribution >= 0.6 is 0 Å². The number of carbonyl (C=O) groups excluding carboxylic acids is 2. The Labute approximate surface area is 288 Å². The van der Waals surface area contributed by atoms with Gasteiger partial charge in [-0.05, 0) is 54.3 Å². The molecule has 2 atom stereocenters. The average molecular weight is 683 g/mol. The first-order chi connectivity index (χ1) is 23.7. The number of imide groups is 1. The van der Waals surface area contributed by atoms with Crippen molar-refractivity contribution in [2.45, 2.75) is 31.2 Å². The molecule has 2 amide bonds. The molecule has 0 saturated carbocycles. The van der Waals surface area contributed by atoms with Crippen LogP contribution in [-0.2, 0) is 15.8 Å². The number of hydrogen-bond acceptors (Lipinski definition) is 8. The number of methoxy groups -OCH3 is 2. The van der Waals surface area contributed by atoms with E-state index in [0.717, 1.165) is 18.8 Å². The lowest BCUT2D eigenvalue weighted by Crippen LogP contribution is -2.47. The summed E-state index contributed by atoms with van der Waals surface area (Å²) >= 11 is 0. The highest BCUT2D eigenvalue weighted by Gasteiger charge is 2.43. The molecule has 4 aromatic rings. The van der Waals surface area contributed by atoms with E-state index >= 15 is 0 Å². The standard InChI is InChI=1S/C38H42N4O6S/c1-27(29-13-8-5-9-14-29)40-21-23-41(24-22-40)33-16-10-15-31-36(33)38(44)42(37(31)43)32(30-17-18-34(47-2)35(25-30)48-3)19-20-39-49(45,46)26-28-11-6-4-7-12-28/h4-18,25,27,32,39H,19-24,26H2,1-3H3/t27-,32-/m1/s1. The third kappa shape index (κ3) is 7.34. The first kappa shape index (κ1) is 34.2. The number of amides is 2. The van der Waals surface area contributed by atoms with Crippen LogP contribution in [0.1, 0.15) is 62.8 Å². The predicted molar refractivity (Wildman–Crippen MR) is 190 cm³/mol. The number of anilines is 1. The molecule has 0 bridgehead atoms. The van der Waals surface area contributed by atoms with E-state index in [1.54, 1.807) is 48.5 Å². The Bertz CT molecular complexity index is 1900. The van der Waals surface area contributed by atoms with Crippen molar-refractivity contribution in [3.63, 3.8) is 0 Å². The number of ether oxygens (including phenoxy) is 2. The van der Waals surface area contributed by atoms with Gasteiger partial charge in [0.15, 0.2) is 11.5 Å². The number of fused-ring (bicyclic) bond motifs is 1. The van der Waals surface area contributed by atoms with Crippen molar-refractivity contribution >= 4 is 27.5 Å². The maximum atomic E-state index is 14.4. The second-order valence-corrected chi connectivity index (χ2v) is 14.2. The average Bonchev–Trinajstić information content (AvgIpc) is 3.39. The minimum absolute atomic E-state index is 0.00992. The number of benzene rings is 4. The van der Waals surface area contributed by atoms with Crippen molar-refractivity contribution in [3.8, 4) is 11.5 Å². The SMILES string of the molecule is COc1ccc([C@@H](CCNS(=O)(=O)Cc2ccccc2)N2C(=O)c3cccc(N4CCN([C@H](C)c5ccccc5)CC4)c3C2=O)cc1OC. The van der Waals surface area contributed by atoms with Crippen LogP contribution in [0.2, 0.25) is 0 Å². The molecule has 256 valence electrons. The van der Waals surface area contributed by atoms with Gasteiger partial charge in [-0.1, -0.05) is 72.8 Å². The molecule has 1 N–H and O–H groups in total. The minimum Gasteiger partial charge on any atom is -0.493 e. The van der Waals surface area contributed by atoms with Gasteiger partial charge in [0.2, 0.25) is 10.0 Å². The van der Waals surface area contributed by atoms with E-state index in [1.165, 1.54) is 24.7 Å². The fraction of sp³-hybridized carbons (Fsp3) is 0.316. The highest BCUT2D eigenvalue weighted by molar-refractivity contribution is 7.88. The van der Waals surface area contributed by atoms with Crippen molar-refractivity contribution in [1.29, 1.82) is 0 Å². The molecule has 0 aliphatic carbocycles. The van der Waals surface area contributed by atoms with E-state index in [1.807, 2.05) is 24.3 Å². The molecular formula is C38H42N4O6S. The van der Waals surface area contributed by atoms with Gasteiger partial charge < -0.3 is 14.4 Å². The van der Waals surface area contributed by atoms with Gasteiger partial charge >= 0.3 is 0 Å². The second-order valence-electron chi connectivity index (χ2n) is 12.3. The molecule has 6 rings (SSSR count). The lowest BCUT2D eigenvalue weighted by Gasteiger charge is -2.39. The van der Waals surface area contributed by atoms with Gasteiger partial charge in [0.1, 0.15) is 0 Å². The Morgan fingerprint density at radius 3 is 2.10 bits per heavy atom. The molecule has 0 aromatic heterocycles. The smallest absolute Gasteiger partial charge is 0.264 e. The molecule has 0 unspecified atom stereocenters. The van der Waals surface area contributed by atoms with E-state index in [4.69, 9.17) is 9.47 Å². The van der Waals surface area contributed by atoms with Gasteiger partial charge in [0.25, 0.3) is 11.8 Å². The molecular weight excluding hydrogens is 641 g/mol. The van der Waals surface area contributed by atoms with Crippen molar-refractivity contribution < 1.29 is 27.5 Å². The van der Waals surface area contributed by atoms with Crippen molar-refractivity contribution in [3.05, 3.63) is 125 Å². The molecule has 0 spiro atoms. The lowest BCUT2D eigenvalue weighted by molar-refractivity contribution is 0.0575. The molecule has 0 radical (unpaired) electrons. The van der Waals surface area contributed by atoms with E-state index in [2.05, 4.69) is 45.7 Å². The lowest BCUT2D eigenvalue weighted by atomic mass is 10.0. The third-order valence-electron chi connectivity index (χ3n) is 9.45. The van der Waals surface area contributed by atoms with Crippen molar-refractivity contribution in [2.75, 3.05) is 51.8 Å². The molecule has 4 aromatic carbocycles. The van der Waals surface area contributed by atoms with Gasteiger partial charge in [-0.2, -0.15) is 0 Å². The van der Waals surface area contributed by atoms with Crippen LogP contribution in [-0.4, -0.2) is 77.0 Å². The fourth-order valence-corrected chi connectivity index (χ4v) is 7.99. The summed E-state index contributed by atoms with van der Waals surface area (Å²) in [4.78, 5) is 34.4. The van der Waals surface area contributed by atoms with Crippen LogP contribution in [0.3, 0.4) is 0 Å². The predicted octanol–water partition coefficient (Wildman–Crippen LogP) is 5.43. The summed E-state index contributed by atoms with van der Waals surface area (Å²) in [6, 6.07) is 29.5. The van der Waals surface area contributed by atoms with Gasteiger partial charge in [-0.3, -0.25) is 19.4 Å². The van der Waals surface area contributed by atoms with E-state index in [0.29, 0.717) is 46.8 Å². The quantitative estimate of drug-likeness (QED) is 0.186. The van der Waals surface area contributed by atoms with Crippen LogP contribution in [0.4, 0.5) is 5.69 Å². The minimum atomic E-state index is -3.68. The monoisotopic (exact) mass is 682 g/mol. The maximum Gasteiger partial charge on any atom is 0.264 e. The molecule has 2 aliphatic heterocycles. The molecule has 11 heteroatoms. The van der Waals surface area contributed by atoms with E-state index < -0.39 is 27.9 Å². The zero-order valence-electron chi connectivity index (χ0n) is 28.0. The number of rotatable bonds is 13. The number of hydrogen-bond donors (Lipinski definition) is 1. The zero-order chi connectivity index (χ0) is 34.5. The van der Waals surface area contributed by atoms with E-state index in [9.17, 15) is 18.0 Å². The molecule has 1 fully saturated rings. The summed E-state index contributed by atoms with van der Waals surface area (Å²) in [6.07, 6.45) is 0.153. The third-order valence-corrected chi connectivity index (χ3v) is 10.8. The van der Waals surface area contributed by atoms with Crippen LogP contribution in [0.25, 0.3) is 0 Å². The first-order valence-electron chi connectivity index (χ1n) is 16.5. The number of carbonyl (C=O) groups is 2. The summed E-state index contributed by atoms with van der Waals surface area (Å²) in [5, 5.41) is 0. The maximum absolute atomic E-state index is 14.4. The Balaban J connectivity index is 1.24. The Hall–Kier alpha value is -4.71. The highest BCUT2D eigenvalue weighted by atomic mass is 32.2. The normalized spacial score (nSPS) is 16.4. The number of sulfonamides is 1. The van der Waals surface area contributed by atoms with Crippen LogP contribution in [0, 0.1) is 0 Å². The summed E-state index contributed by atoms with van der Waals surface area (Å²) in [5.41, 5.74) is 4.01. The Morgan fingerprint density at radius 2 is 1.43 bits per heavy atom. The largest absolute Gasteiger partial charge is 0.493 e. The molecule has 1 saturated heterocycles. The molecule has 2 heterocycles. The molecule has 10 nitrogen and oxygen atoms in total. The molecule has 49 heavy (non-hydrogen) atoms. The Kier molecular flexibility index (Phi) is 10.3. The fourth-order valence-electron chi connectivity index (χ4n) is 6.83. The summed E-state index contributed by atoms with van der Waals surface area (Å²) in [7, 11) is -0.635. The number of nitrogens with one attached hydrogen (secondary N) is 1. The van der Waals surface area contributed by atoms with Gasteiger partial charge in [-0.25, -0.2) is 13.1 Å². The summed E-state index contributed by atoms with van der Waals surface area (Å²) in [5.74, 6) is -0.0518. The summed E-state index contributed by atoms with van der Waals surface area (Å²) < 4.78 is 39.6. The Morgan fingerprint density at radius 1 is 0.755 bits per heavy atom. The van der Waals surface area contributed by atoms with Gasteiger partial charge in [-0.15, -0.1) is 0 Å². The van der Waals surface area contributed by atoms with Crippen LogP contribution in [0.15, 0.2) is 97.1 Å². The van der Waals surface area contributed by atoms with Crippen molar-refractivity contribution in [2.24, 2.45) is 0 Å². The number of piperazine rings is 1. The van der Waals surface area contributed by atoms with Crippen molar-refractivity contribution in [1.82, 2.24) is 14.5 Å². The van der Waals surface area contributed by atoms with Crippen LogP contribution in [0.5, 0.6) is 11.5 Å². The summed E-state index contributed by atoms with van der Waals surface area (Å²) in [6.45, 7) is 5.25. The first-order valence-corrected chi connectivity index (χ1v) is 18.1. The second kappa shape index (κ2) is 14.8. The highest BCUT2D eigenvalue weighted by Crippen LogP contribution is 2.40. The van der Waals surface area contributed by atoms with Gasteiger partial charge in [0, 0.05) is 38.8 Å². The zero-order valence-corrected chi connectivity index (χ0v) is 28.9. The van der Waals surface area contributed by atoms with Gasteiger partial charge in [0.05, 0.1) is 42.8 Å². The van der Waals surface area contributed by atoms with Crippen LogP contribution < -0.4 is 19.1 Å². The molecule has 2 aliphatic rings.